The third-order valence-corrected chi connectivity index (χ3v) is 6.72. The number of aromatic carboxylic acids is 2. The lowest BCUT2D eigenvalue weighted by atomic mass is 10.2. The van der Waals surface area contributed by atoms with Crippen molar-refractivity contribution in [2.75, 3.05) is 11.5 Å². The lowest BCUT2D eigenvalue weighted by molar-refractivity contribution is -0.141. The molecule has 0 saturated carbocycles. The zero-order valence-electron chi connectivity index (χ0n) is 16.3. The van der Waals surface area contributed by atoms with Crippen molar-refractivity contribution in [1.29, 1.82) is 0 Å². The summed E-state index contributed by atoms with van der Waals surface area (Å²) in [5.74, 6) is -4.08. The fourth-order valence-electron chi connectivity index (χ4n) is 3.04. The average molecular weight is 500 g/mol. The molecule has 2 aliphatic rings. The number of aromatic nitrogens is 2. The quantitative estimate of drug-likeness (QED) is 0.425. The van der Waals surface area contributed by atoms with Gasteiger partial charge in [0.25, 0.3) is 11.1 Å². The van der Waals surface area contributed by atoms with Crippen LogP contribution in [0.1, 0.15) is 32.8 Å². The number of carbonyl (C=O) groups is 4. The van der Waals surface area contributed by atoms with Crippen molar-refractivity contribution in [1.82, 2.24) is 9.13 Å². The summed E-state index contributed by atoms with van der Waals surface area (Å²) < 4.78 is 2.22. The molecule has 0 fully saturated rings. The molecule has 4 rings (SSSR count). The number of pyridine rings is 2. The van der Waals surface area contributed by atoms with Gasteiger partial charge in [-0.1, -0.05) is 0 Å². The van der Waals surface area contributed by atoms with Gasteiger partial charge in [0.05, 0.1) is 21.2 Å². The minimum Gasteiger partial charge on any atom is -0.480 e. The van der Waals surface area contributed by atoms with Gasteiger partial charge in [0.15, 0.2) is 0 Å². The van der Waals surface area contributed by atoms with Crippen LogP contribution in [-0.4, -0.2) is 70.4 Å². The topological polar surface area (TPSA) is 225 Å². The second kappa shape index (κ2) is 9.93. The highest BCUT2D eigenvalue weighted by molar-refractivity contribution is 7.99. The number of thioether (sulfide) groups is 2. The van der Waals surface area contributed by atoms with Crippen molar-refractivity contribution in [2.45, 2.75) is 22.1 Å². The number of carboxylic acids is 4. The first-order valence-electron chi connectivity index (χ1n) is 8.72. The van der Waals surface area contributed by atoms with Crippen LogP contribution in [0.15, 0.2) is 43.9 Å². The number of hydrogen-bond donors (Lipinski definition) is 4. The van der Waals surface area contributed by atoms with Gasteiger partial charge >= 0.3 is 23.9 Å². The molecule has 4 heterocycles. The van der Waals surface area contributed by atoms with Crippen molar-refractivity contribution >= 4 is 47.4 Å². The lowest BCUT2D eigenvalue weighted by Crippen LogP contribution is -2.28. The van der Waals surface area contributed by atoms with Crippen LogP contribution in [0.3, 0.4) is 0 Å². The summed E-state index contributed by atoms with van der Waals surface area (Å²) in [5, 5.41) is 36.0. The van der Waals surface area contributed by atoms with Gasteiger partial charge in [-0.25, -0.2) is 19.2 Å². The second-order valence-electron chi connectivity index (χ2n) is 6.52. The van der Waals surface area contributed by atoms with Crippen LogP contribution >= 0.6 is 23.5 Å². The Morgan fingerprint density at radius 2 is 1.03 bits per heavy atom. The van der Waals surface area contributed by atoms with Gasteiger partial charge < -0.3 is 25.9 Å². The van der Waals surface area contributed by atoms with Crippen LogP contribution < -0.4 is 11.1 Å². The number of rotatable bonds is 4. The molecule has 6 N–H and O–H groups in total. The first kappa shape index (κ1) is 25.7. The van der Waals surface area contributed by atoms with Crippen molar-refractivity contribution in [2.24, 2.45) is 0 Å². The SMILES string of the molecule is O.O=C(O)c1cc2n(c(=O)c1)[C@@H](C(=O)O)CS2.O=C(O)c1cc2n(c(=O)c1)[C@H](C(=O)O)CS2. The van der Waals surface area contributed by atoms with E-state index in [0.717, 1.165) is 21.3 Å². The molecule has 33 heavy (non-hydrogen) atoms. The van der Waals surface area contributed by atoms with Crippen molar-refractivity contribution in [3.63, 3.8) is 0 Å². The molecule has 2 atom stereocenters. The summed E-state index contributed by atoms with van der Waals surface area (Å²) in [6, 6.07) is 2.70. The fourth-order valence-corrected chi connectivity index (χ4v) is 5.41. The van der Waals surface area contributed by atoms with E-state index in [9.17, 15) is 28.8 Å². The highest BCUT2D eigenvalue weighted by Crippen LogP contribution is 2.32. The summed E-state index contributed by atoms with van der Waals surface area (Å²) in [5.41, 5.74) is -1.41. The third-order valence-electron chi connectivity index (χ3n) is 4.53. The number of hydrogen-bond acceptors (Lipinski definition) is 8. The second-order valence-corrected chi connectivity index (χ2v) is 8.60. The summed E-state index contributed by atoms with van der Waals surface area (Å²) in [4.78, 5) is 66.2. The number of carboxylic acid groups (broad SMARTS) is 4. The molecule has 176 valence electrons. The number of nitrogens with zero attached hydrogens (tertiary/aromatic N) is 2. The van der Waals surface area contributed by atoms with E-state index in [1.54, 1.807) is 0 Å². The Labute approximate surface area is 191 Å². The van der Waals surface area contributed by atoms with Gasteiger partial charge in [-0.15, -0.1) is 23.5 Å². The maximum absolute atomic E-state index is 11.6. The van der Waals surface area contributed by atoms with Gasteiger partial charge in [-0.05, 0) is 12.1 Å². The molecule has 2 aromatic heterocycles. The van der Waals surface area contributed by atoms with Crippen LogP contribution in [0, 0.1) is 0 Å². The summed E-state index contributed by atoms with van der Waals surface area (Å²) in [6.45, 7) is 0. The number of fused-ring (bicyclic) bond motifs is 2. The van der Waals surface area contributed by atoms with E-state index in [4.69, 9.17) is 20.4 Å². The van der Waals surface area contributed by atoms with Crippen LogP contribution in [-0.2, 0) is 9.59 Å². The van der Waals surface area contributed by atoms with Gasteiger partial charge in [-0.2, -0.15) is 0 Å². The van der Waals surface area contributed by atoms with Gasteiger partial charge in [0.1, 0.15) is 12.1 Å². The minimum absolute atomic E-state index is 0. The Morgan fingerprint density at radius 3 is 1.30 bits per heavy atom. The van der Waals surface area contributed by atoms with Gasteiger partial charge in [0, 0.05) is 23.6 Å². The molecule has 2 aliphatic heterocycles. The standard InChI is InChI=1S/2C9H7NO5S.H2O/c2*11-6-1-4(8(12)13)2-7-10(6)5(3-16-7)9(14)15;/h2*1-2,5H,3H2,(H,12,13)(H,14,15);1H2/t2*5-;/m10./s1. The van der Waals surface area contributed by atoms with Crippen LogP contribution in [0.25, 0.3) is 0 Å². The van der Waals surface area contributed by atoms with Crippen LogP contribution in [0.2, 0.25) is 0 Å². The van der Waals surface area contributed by atoms with E-state index >= 15 is 0 Å². The van der Waals surface area contributed by atoms with Gasteiger partial charge in [0.2, 0.25) is 0 Å². The maximum Gasteiger partial charge on any atom is 0.335 e. The Hall–Kier alpha value is -3.56. The van der Waals surface area contributed by atoms with Crippen LogP contribution in [0.4, 0.5) is 0 Å². The van der Waals surface area contributed by atoms with E-state index in [1.807, 2.05) is 0 Å². The summed E-state index contributed by atoms with van der Waals surface area (Å²) >= 11 is 2.34. The molecule has 0 radical (unpaired) electrons. The lowest BCUT2D eigenvalue weighted by Gasteiger charge is -2.08. The van der Waals surface area contributed by atoms with Crippen molar-refractivity contribution in [3.8, 4) is 0 Å². The Bertz CT molecular complexity index is 1170. The molecule has 0 aromatic carbocycles. The van der Waals surface area contributed by atoms with Crippen molar-refractivity contribution < 1.29 is 45.1 Å². The molecule has 0 unspecified atom stereocenters. The van der Waals surface area contributed by atoms with E-state index in [-0.39, 0.29) is 28.1 Å². The molecule has 0 spiro atoms. The maximum atomic E-state index is 11.6. The molecule has 0 bridgehead atoms. The van der Waals surface area contributed by atoms with Crippen LogP contribution in [0.5, 0.6) is 0 Å². The number of aliphatic carboxylic acids is 2. The Balaban J connectivity index is 0.000000227. The normalized spacial score (nSPS) is 17.6. The highest BCUT2D eigenvalue weighted by atomic mass is 32.2. The summed E-state index contributed by atoms with van der Waals surface area (Å²) in [6.07, 6.45) is 0. The predicted molar refractivity (Wildman–Crippen MR) is 114 cm³/mol. The smallest absolute Gasteiger partial charge is 0.335 e. The molecule has 13 nitrogen and oxygen atoms in total. The molecule has 2 aromatic rings. The first-order valence-corrected chi connectivity index (χ1v) is 10.7. The molecule has 0 amide bonds. The first-order chi connectivity index (χ1) is 15.0. The zero-order valence-corrected chi connectivity index (χ0v) is 18.0. The molecule has 15 heteroatoms. The monoisotopic (exact) mass is 500 g/mol. The largest absolute Gasteiger partial charge is 0.480 e. The highest BCUT2D eigenvalue weighted by Gasteiger charge is 2.31. The van der Waals surface area contributed by atoms with E-state index < -0.39 is 47.1 Å². The Kier molecular flexibility index (Phi) is 7.73. The van der Waals surface area contributed by atoms with Gasteiger partial charge in [-0.3, -0.25) is 18.7 Å². The summed E-state index contributed by atoms with van der Waals surface area (Å²) in [7, 11) is 0. The minimum atomic E-state index is -1.19. The Morgan fingerprint density at radius 1 is 0.697 bits per heavy atom. The average Bonchev–Trinajstić information content (AvgIpc) is 3.33. The molecular weight excluding hydrogens is 484 g/mol. The third kappa shape index (κ3) is 5.10. The molecular formula is C18H16N2O11S2. The predicted octanol–water partition coefficient (Wildman–Crippen LogP) is -0.269. The van der Waals surface area contributed by atoms with Crippen molar-refractivity contribution in [3.05, 3.63) is 56.1 Å². The molecule has 0 aliphatic carbocycles. The zero-order chi connectivity index (χ0) is 23.7. The van der Waals surface area contributed by atoms with E-state index in [2.05, 4.69) is 0 Å². The fraction of sp³-hybridized carbons (Fsp3) is 0.222. The van der Waals surface area contributed by atoms with E-state index in [1.165, 1.54) is 35.7 Å². The molecule has 0 saturated heterocycles. The van der Waals surface area contributed by atoms with E-state index in [0.29, 0.717) is 10.1 Å².